The summed E-state index contributed by atoms with van der Waals surface area (Å²) < 4.78 is 5.08. The Balaban J connectivity index is 2.00. The van der Waals surface area contributed by atoms with Gasteiger partial charge in [0.25, 0.3) is 5.91 Å². The van der Waals surface area contributed by atoms with E-state index in [1.54, 1.807) is 69.3 Å². The molecule has 0 aliphatic heterocycles. The molecule has 2 rings (SSSR count). The highest BCUT2D eigenvalue weighted by atomic mass is 32.1. The molecule has 0 atom stereocenters. The lowest BCUT2D eigenvalue weighted by molar-refractivity contribution is -0.115. The zero-order valence-corrected chi connectivity index (χ0v) is 16.8. The number of benzene rings is 2. The number of alkyl carbamates (subject to hydrolysis) is 1. The van der Waals surface area contributed by atoms with Crippen molar-refractivity contribution in [3.63, 3.8) is 0 Å². The van der Waals surface area contributed by atoms with Crippen molar-refractivity contribution in [1.29, 1.82) is 0 Å². The van der Waals surface area contributed by atoms with Gasteiger partial charge in [0.05, 0.1) is 16.9 Å². The van der Waals surface area contributed by atoms with Gasteiger partial charge >= 0.3 is 6.09 Å². The van der Waals surface area contributed by atoms with Crippen LogP contribution in [0.25, 0.3) is 0 Å². The Hall–Kier alpha value is -3.00. The van der Waals surface area contributed by atoms with E-state index in [9.17, 15) is 14.4 Å². The number of thiol groups is 1. The Morgan fingerprint density at radius 2 is 1.50 bits per heavy atom. The number of ether oxygens (including phenoxy) is 1. The molecular weight excluding hydrogens is 378 g/mol. The summed E-state index contributed by atoms with van der Waals surface area (Å²) >= 11 is 4.28. The summed E-state index contributed by atoms with van der Waals surface area (Å²) in [6, 6.07) is 13.7. The highest BCUT2D eigenvalue weighted by Gasteiger charge is 2.17. The van der Waals surface area contributed by atoms with Gasteiger partial charge in [-0.1, -0.05) is 24.3 Å². The van der Waals surface area contributed by atoms with Crippen LogP contribution in [0.1, 0.15) is 31.1 Å². The lowest BCUT2D eigenvalue weighted by Crippen LogP contribution is -2.37. The molecule has 2 aromatic rings. The van der Waals surface area contributed by atoms with E-state index in [0.717, 1.165) is 0 Å². The molecule has 0 fully saturated rings. The first kappa shape index (κ1) is 21.3. The molecule has 0 saturated carbocycles. The van der Waals surface area contributed by atoms with Crippen molar-refractivity contribution in [2.45, 2.75) is 31.3 Å². The maximum atomic E-state index is 12.5. The van der Waals surface area contributed by atoms with Crippen LogP contribution in [0, 0.1) is 0 Å². The number of para-hydroxylation sites is 2. The maximum Gasteiger partial charge on any atom is 0.408 e. The number of hydrogen-bond donors (Lipinski definition) is 4. The van der Waals surface area contributed by atoms with E-state index >= 15 is 0 Å². The fraction of sp³-hybridized carbons (Fsp3) is 0.250. The first-order valence-electron chi connectivity index (χ1n) is 8.61. The van der Waals surface area contributed by atoms with E-state index in [1.165, 1.54) is 0 Å². The van der Waals surface area contributed by atoms with E-state index in [4.69, 9.17) is 4.74 Å². The first-order valence-corrected chi connectivity index (χ1v) is 9.05. The van der Waals surface area contributed by atoms with Crippen LogP contribution in [0.15, 0.2) is 53.4 Å². The lowest BCUT2D eigenvalue weighted by Gasteiger charge is -2.19. The molecule has 2 aromatic carbocycles. The molecule has 3 amide bonds. The minimum absolute atomic E-state index is 0.267. The average Bonchev–Trinajstić information content (AvgIpc) is 2.60. The van der Waals surface area contributed by atoms with Gasteiger partial charge in [0, 0.05) is 4.90 Å². The number of rotatable bonds is 5. The van der Waals surface area contributed by atoms with Gasteiger partial charge in [-0.3, -0.25) is 9.59 Å². The van der Waals surface area contributed by atoms with Crippen LogP contribution in [0.4, 0.5) is 16.2 Å². The van der Waals surface area contributed by atoms with E-state index in [0.29, 0.717) is 21.8 Å². The van der Waals surface area contributed by atoms with Crippen LogP contribution >= 0.6 is 12.6 Å². The summed E-state index contributed by atoms with van der Waals surface area (Å²) in [7, 11) is 0. The molecule has 28 heavy (non-hydrogen) atoms. The van der Waals surface area contributed by atoms with Gasteiger partial charge in [0.2, 0.25) is 5.91 Å². The molecule has 148 valence electrons. The molecule has 0 aliphatic carbocycles. The van der Waals surface area contributed by atoms with Gasteiger partial charge < -0.3 is 20.7 Å². The summed E-state index contributed by atoms with van der Waals surface area (Å²) in [4.78, 5) is 36.8. The molecule has 3 N–H and O–H groups in total. The van der Waals surface area contributed by atoms with Crippen LogP contribution in [-0.2, 0) is 9.53 Å². The third kappa shape index (κ3) is 6.62. The molecule has 0 spiro atoms. The summed E-state index contributed by atoms with van der Waals surface area (Å²) in [5.41, 5.74) is 0.595. The number of anilines is 2. The SMILES string of the molecule is CC(C)(C)OC(=O)NCC(=O)Nc1ccccc1NC(=O)c1ccccc1S. The number of carbonyl (C=O) groups excluding carboxylic acids is 3. The fourth-order valence-electron chi connectivity index (χ4n) is 2.22. The van der Waals surface area contributed by atoms with Gasteiger partial charge in [0.15, 0.2) is 0 Å². The second kappa shape index (κ2) is 9.27. The number of hydrogen-bond acceptors (Lipinski definition) is 5. The van der Waals surface area contributed by atoms with Crippen LogP contribution < -0.4 is 16.0 Å². The van der Waals surface area contributed by atoms with Gasteiger partial charge in [-0.2, -0.15) is 0 Å². The largest absolute Gasteiger partial charge is 0.444 e. The minimum Gasteiger partial charge on any atom is -0.444 e. The monoisotopic (exact) mass is 401 g/mol. The molecule has 0 unspecified atom stereocenters. The van der Waals surface area contributed by atoms with E-state index in [-0.39, 0.29) is 12.5 Å². The van der Waals surface area contributed by atoms with E-state index < -0.39 is 17.6 Å². The summed E-state index contributed by atoms with van der Waals surface area (Å²) in [6.07, 6.45) is -0.686. The topological polar surface area (TPSA) is 96.5 Å². The molecular formula is C20H23N3O4S. The first-order chi connectivity index (χ1) is 13.2. The highest BCUT2D eigenvalue weighted by Crippen LogP contribution is 2.23. The Bertz CT molecular complexity index is 878. The van der Waals surface area contributed by atoms with E-state index in [1.807, 2.05) is 0 Å². The van der Waals surface area contributed by atoms with Gasteiger partial charge in [-0.05, 0) is 45.0 Å². The smallest absolute Gasteiger partial charge is 0.408 e. The predicted molar refractivity (Wildman–Crippen MR) is 111 cm³/mol. The fourth-order valence-corrected chi connectivity index (χ4v) is 2.48. The number of carbonyl (C=O) groups is 3. The molecule has 7 nitrogen and oxygen atoms in total. The predicted octanol–water partition coefficient (Wildman–Crippen LogP) is 3.69. The van der Waals surface area contributed by atoms with Crippen molar-refractivity contribution in [1.82, 2.24) is 5.32 Å². The minimum atomic E-state index is -0.686. The molecule has 0 bridgehead atoms. The summed E-state index contributed by atoms with van der Waals surface area (Å²) in [5, 5.41) is 7.79. The lowest BCUT2D eigenvalue weighted by atomic mass is 10.2. The Labute approximate surface area is 169 Å². The van der Waals surface area contributed by atoms with Crippen molar-refractivity contribution in [2.24, 2.45) is 0 Å². The average molecular weight is 401 g/mol. The van der Waals surface area contributed by atoms with Crippen LogP contribution in [0.3, 0.4) is 0 Å². The molecule has 0 aliphatic rings. The summed E-state index contributed by atoms with van der Waals surface area (Å²) in [5.74, 6) is -0.804. The van der Waals surface area contributed by atoms with Crippen molar-refractivity contribution in [3.05, 3.63) is 54.1 Å². The normalized spacial score (nSPS) is 10.7. The third-order valence-corrected chi connectivity index (χ3v) is 3.78. The Morgan fingerprint density at radius 1 is 0.929 bits per heavy atom. The van der Waals surface area contributed by atoms with Crippen LogP contribution in [0.5, 0.6) is 0 Å². The second-order valence-electron chi connectivity index (χ2n) is 6.92. The quantitative estimate of drug-likeness (QED) is 0.575. The zero-order chi connectivity index (χ0) is 20.7. The van der Waals surface area contributed by atoms with Crippen molar-refractivity contribution < 1.29 is 19.1 Å². The molecule has 0 heterocycles. The van der Waals surface area contributed by atoms with Crippen LogP contribution in [0.2, 0.25) is 0 Å². The molecule has 0 radical (unpaired) electrons. The summed E-state index contributed by atoms with van der Waals surface area (Å²) in [6.45, 7) is 4.92. The third-order valence-electron chi connectivity index (χ3n) is 3.39. The Morgan fingerprint density at radius 3 is 2.11 bits per heavy atom. The van der Waals surface area contributed by atoms with Gasteiger partial charge in [-0.25, -0.2) is 4.79 Å². The Kier molecular flexibility index (Phi) is 7.06. The molecule has 8 heteroatoms. The highest BCUT2D eigenvalue weighted by molar-refractivity contribution is 7.80. The van der Waals surface area contributed by atoms with Crippen molar-refractivity contribution >= 4 is 41.9 Å². The number of nitrogens with one attached hydrogen (secondary N) is 3. The number of amides is 3. The zero-order valence-electron chi connectivity index (χ0n) is 15.9. The van der Waals surface area contributed by atoms with Crippen molar-refractivity contribution in [2.75, 3.05) is 17.2 Å². The van der Waals surface area contributed by atoms with E-state index in [2.05, 4.69) is 28.6 Å². The van der Waals surface area contributed by atoms with Crippen LogP contribution in [-0.4, -0.2) is 30.1 Å². The maximum absolute atomic E-state index is 12.5. The van der Waals surface area contributed by atoms with Gasteiger partial charge in [0.1, 0.15) is 12.1 Å². The van der Waals surface area contributed by atoms with Crippen molar-refractivity contribution in [3.8, 4) is 0 Å². The molecule has 0 saturated heterocycles. The second-order valence-corrected chi connectivity index (χ2v) is 7.40. The van der Waals surface area contributed by atoms with Gasteiger partial charge in [-0.15, -0.1) is 12.6 Å². The molecule has 0 aromatic heterocycles. The standard InChI is InChI=1S/C20H23N3O4S/c1-20(2,3)27-19(26)21-12-17(24)22-14-9-5-6-10-15(14)23-18(25)13-8-4-7-11-16(13)28/h4-11,28H,12H2,1-3H3,(H,21,26)(H,22,24)(H,23,25).